The Morgan fingerprint density at radius 1 is 0.618 bits per heavy atom. The van der Waals surface area contributed by atoms with Crippen molar-refractivity contribution in [3.8, 4) is 18.1 Å². The molecule has 0 atom stereocenters. The first kappa shape index (κ1) is 29.7. The fraction of sp³-hybridized carbons (Fsp3) is 0.652. The lowest BCUT2D eigenvalue weighted by atomic mass is 10.3. The van der Waals surface area contributed by atoms with E-state index in [1.165, 1.54) is 12.1 Å². The first-order chi connectivity index (χ1) is 16.7. The Bertz CT molecular complexity index is 650. The van der Waals surface area contributed by atoms with Gasteiger partial charge in [-0.3, -0.25) is 10.1 Å². The molecule has 0 aliphatic rings. The number of nitro groups is 1. The summed E-state index contributed by atoms with van der Waals surface area (Å²) in [6.45, 7) is 6.85. The van der Waals surface area contributed by atoms with E-state index in [1.54, 1.807) is 12.1 Å². The lowest BCUT2D eigenvalue weighted by Gasteiger charge is -2.09. The smallest absolute Gasteiger partial charge is 0.269 e. The Morgan fingerprint density at radius 2 is 0.971 bits per heavy atom. The molecule has 0 aromatic heterocycles. The highest BCUT2D eigenvalue weighted by Crippen LogP contribution is 2.16. The van der Waals surface area contributed by atoms with Crippen molar-refractivity contribution in [2.24, 2.45) is 0 Å². The Hall–Kier alpha value is -2.30. The average molecular weight is 486 g/mol. The summed E-state index contributed by atoms with van der Waals surface area (Å²) in [7, 11) is 0. The van der Waals surface area contributed by atoms with Gasteiger partial charge in [-0.2, -0.15) is 0 Å². The summed E-state index contributed by atoms with van der Waals surface area (Å²) in [6.07, 6.45) is 5.06. The number of nitrogens with zero attached hydrogens (tertiary/aromatic N) is 1. The van der Waals surface area contributed by atoms with Gasteiger partial charge in [-0.1, -0.05) is 5.92 Å². The second-order valence-corrected chi connectivity index (χ2v) is 6.53. The van der Waals surface area contributed by atoms with Crippen LogP contribution in [0.15, 0.2) is 24.3 Å². The van der Waals surface area contributed by atoms with Gasteiger partial charge < -0.3 is 37.9 Å². The van der Waals surface area contributed by atoms with E-state index in [0.29, 0.717) is 105 Å². The summed E-state index contributed by atoms with van der Waals surface area (Å²) in [5, 5.41) is 10.6. The largest absolute Gasteiger partial charge is 0.491 e. The van der Waals surface area contributed by atoms with Crippen LogP contribution in [0.5, 0.6) is 5.75 Å². The summed E-state index contributed by atoms with van der Waals surface area (Å²) >= 11 is 0. The zero-order valence-corrected chi connectivity index (χ0v) is 19.5. The van der Waals surface area contributed by atoms with E-state index in [-0.39, 0.29) is 5.69 Å². The standard InChI is InChI=1S/C23H35NO10/c1-2-7-27-8-9-28-10-11-29-12-13-30-14-15-31-16-17-32-18-19-33-20-21-34-23-5-3-22(4-6-23)24(25)26/h1,3-6H,7-21H2. The van der Waals surface area contributed by atoms with Crippen LogP contribution in [-0.2, 0) is 33.2 Å². The van der Waals surface area contributed by atoms with Crippen LogP contribution in [0.4, 0.5) is 5.69 Å². The topological polar surface area (TPSA) is 117 Å². The normalized spacial score (nSPS) is 10.8. The van der Waals surface area contributed by atoms with Crippen molar-refractivity contribution < 1.29 is 42.8 Å². The maximum atomic E-state index is 10.6. The van der Waals surface area contributed by atoms with Crippen molar-refractivity contribution in [1.29, 1.82) is 0 Å². The molecule has 0 N–H and O–H groups in total. The molecule has 0 radical (unpaired) electrons. The summed E-state index contributed by atoms with van der Waals surface area (Å²) in [5.41, 5.74) is 0.0278. The van der Waals surface area contributed by atoms with Crippen LogP contribution in [0, 0.1) is 22.5 Å². The van der Waals surface area contributed by atoms with Gasteiger partial charge in [0.25, 0.3) is 5.69 Å². The zero-order valence-electron chi connectivity index (χ0n) is 19.5. The van der Waals surface area contributed by atoms with Crippen molar-refractivity contribution in [2.45, 2.75) is 0 Å². The number of hydrogen-bond donors (Lipinski definition) is 0. The number of rotatable bonds is 24. The summed E-state index contributed by atoms with van der Waals surface area (Å²) in [6, 6.07) is 5.90. The molecule has 1 rings (SSSR count). The SMILES string of the molecule is C#CCOCCOCCOCCOCCOCCOCCOCCOc1ccc([N+](=O)[O-])cc1. The molecule has 0 saturated carbocycles. The van der Waals surface area contributed by atoms with Gasteiger partial charge in [0.2, 0.25) is 0 Å². The molecular weight excluding hydrogens is 450 g/mol. The van der Waals surface area contributed by atoms with Crippen LogP contribution < -0.4 is 4.74 Å². The Kier molecular flexibility index (Phi) is 19.7. The third-order valence-corrected chi connectivity index (χ3v) is 3.96. The third kappa shape index (κ3) is 18.2. The molecule has 0 aliphatic heterocycles. The number of ether oxygens (including phenoxy) is 8. The van der Waals surface area contributed by atoms with E-state index < -0.39 is 4.92 Å². The van der Waals surface area contributed by atoms with E-state index >= 15 is 0 Å². The minimum atomic E-state index is -0.453. The van der Waals surface area contributed by atoms with E-state index in [4.69, 9.17) is 44.3 Å². The first-order valence-corrected chi connectivity index (χ1v) is 11.1. The number of hydrogen-bond acceptors (Lipinski definition) is 10. The average Bonchev–Trinajstić information content (AvgIpc) is 2.84. The number of nitro benzene ring substituents is 1. The summed E-state index contributed by atoms with van der Waals surface area (Å²) in [5.74, 6) is 2.94. The highest BCUT2D eigenvalue weighted by atomic mass is 16.6. The van der Waals surface area contributed by atoms with Crippen molar-refractivity contribution in [2.75, 3.05) is 99.1 Å². The number of non-ortho nitro benzene ring substituents is 1. The molecule has 192 valence electrons. The van der Waals surface area contributed by atoms with Crippen molar-refractivity contribution in [1.82, 2.24) is 0 Å². The van der Waals surface area contributed by atoms with E-state index in [2.05, 4.69) is 5.92 Å². The maximum absolute atomic E-state index is 10.6. The first-order valence-electron chi connectivity index (χ1n) is 11.1. The van der Waals surface area contributed by atoms with Gasteiger partial charge in [-0.05, 0) is 12.1 Å². The van der Waals surface area contributed by atoms with Crippen molar-refractivity contribution in [3.63, 3.8) is 0 Å². The van der Waals surface area contributed by atoms with Crippen molar-refractivity contribution >= 4 is 5.69 Å². The minimum Gasteiger partial charge on any atom is -0.491 e. The predicted octanol–water partition coefficient (Wildman–Crippen LogP) is 1.72. The maximum Gasteiger partial charge on any atom is 0.269 e. The van der Waals surface area contributed by atoms with Crippen LogP contribution in [0.1, 0.15) is 0 Å². The molecule has 0 spiro atoms. The Labute approximate surface area is 200 Å². The fourth-order valence-corrected chi connectivity index (χ4v) is 2.33. The molecule has 1 aromatic carbocycles. The van der Waals surface area contributed by atoms with Gasteiger partial charge in [0.15, 0.2) is 0 Å². The molecule has 0 amide bonds. The van der Waals surface area contributed by atoms with Gasteiger partial charge in [0, 0.05) is 12.1 Å². The van der Waals surface area contributed by atoms with Gasteiger partial charge in [-0.25, -0.2) is 0 Å². The molecular formula is C23H35NO10. The highest BCUT2D eigenvalue weighted by Gasteiger charge is 2.04. The number of terminal acetylenes is 1. The van der Waals surface area contributed by atoms with Crippen LogP contribution in [0.2, 0.25) is 0 Å². The number of benzene rings is 1. The van der Waals surface area contributed by atoms with Crippen LogP contribution in [-0.4, -0.2) is 104 Å². The van der Waals surface area contributed by atoms with E-state index in [1.807, 2.05) is 0 Å². The molecule has 0 aliphatic carbocycles. The molecule has 0 heterocycles. The zero-order chi connectivity index (χ0) is 24.5. The third-order valence-electron chi connectivity index (χ3n) is 3.96. The molecule has 1 aromatic rings. The molecule has 34 heavy (non-hydrogen) atoms. The van der Waals surface area contributed by atoms with Crippen LogP contribution in [0.25, 0.3) is 0 Å². The quantitative estimate of drug-likeness (QED) is 0.0927. The second kappa shape index (κ2) is 22.5. The van der Waals surface area contributed by atoms with Gasteiger partial charge >= 0.3 is 0 Å². The van der Waals surface area contributed by atoms with E-state index in [0.717, 1.165) is 0 Å². The molecule has 11 heteroatoms. The second-order valence-electron chi connectivity index (χ2n) is 6.53. The Morgan fingerprint density at radius 3 is 1.32 bits per heavy atom. The van der Waals surface area contributed by atoms with Crippen molar-refractivity contribution in [3.05, 3.63) is 34.4 Å². The fourth-order valence-electron chi connectivity index (χ4n) is 2.33. The lowest BCUT2D eigenvalue weighted by Crippen LogP contribution is -2.15. The summed E-state index contributed by atoms with van der Waals surface area (Å²) in [4.78, 5) is 10.1. The van der Waals surface area contributed by atoms with Crippen LogP contribution in [0.3, 0.4) is 0 Å². The predicted molar refractivity (Wildman–Crippen MR) is 123 cm³/mol. The van der Waals surface area contributed by atoms with Gasteiger partial charge in [-0.15, -0.1) is 6.42 Å². The van der Waals surface area contributed by atoms with Gasteiger partial charge in [0.05, 0.1) is 90.8 Å². The van der Waals surface area contributed by atoms with E-state index in [9.17, 15) is 10.1 Å². The summed E-state index contributed by atoms with van der Waals surface area (Å²) < 4.78 is 42.8. The highest BCUT2D eigenvalue weighted by molar-refractivity contribution is 5.35. The molecule has 0 unspecified atom stereocenters. The van der Waals surface area contributed by atoms with Crippen LogP contribution >= 0.6 is 0 Å². The molecule has 0 bridgehead atoms. The Balaban J connectivity index is 1.72. The molecule has 11 nitrogen and oxygen atoms in total. The lowest BCUT2D eigenvalue weighted by molar-refractivity contribution is -0.384. The minimum absolute atomic E-state index is 0.0278. The monoisotopic (exact) mass is 485 g/mol. The van der Waals surface area contributed by atoms with Gasteiger partial charge in [0.1, 0.15) is 19.0 Å². The molecule has 0 fully saturated rings. The molecule has 0 saturated heterocycles.